The quantitative estimate of drug-likeness (QED) is 0.507. The molecule has 1 aliphatic heterocycles. The number of benzene rings is 2. The second-order valence-electron chi connectivity index (χ2n) is 6.30. The smallest absolute Gasteiger partial charge is 0.231 e. The molecule has 1 aromatic heterocycles. The number of ether oxygens (including phenoxy) is 2. The average molecular weight is 378 g/mol. The first-order valence-electron chi connectivity index (χ1n) is 9.15. The summed E-state index contributed by atoms with van der Waals surface area (Å²) in [5.41, 5.74) is 2.95. The topological polar surface area (TPSA) is 80.9 Å². The Kier molecular flexibility index (Phi) is 5.42. The molecule has 1 aliphatic rings. The van der Waals surface area contributed by atoms with Crippen LogP contribution in [0.5, 0.6) is 11.5 Å². The molecule has 144 valence electrons. The van der Waals surface area contributed by atoms with E-state index >= 15 is 0 Å². The Morgan fingerprint density at radius 1 is 1.07 bits per heavy atom. The third-order valence-corrected chi connectivity index (χ3v) is 4.38. The lowest BCUT2D eigenvalue weighted by molar-refractivity contribution is 0.174. The first kappa shape index (κ1) is 17.9. The van der Waals surface area contributed by atoms with Crippen LogP contribution in [0.15, 0.2) is 64.2 Å². The fourth-order valence-electron chi connectivity index (χ4n) is 2.92. The molecule has 0 aliphatic carbocycles. The van der Waals surface area contributed by atoms with Crippen LogP contribution in [-0.2, 0) is 13.0 Å². The van der Waals surface area contributed by atoms with E-state index in [-0.39, 0.29) is 0 Å². The second kappa shape index (κ2) is 8.47. The van der Waals surface area contributed by atoms with Gasteiger partial charge in [-0.25, -0.2) is 4.98 Å². The largest absolute Gasteiger partial charge is 0.454 e. The first-order chi connectivity index (χ1) is 13.8. The third kappa shape index (κ3) is 4.25. The highest BCUT2D eigenvalue weighted by molar-refractivity contribution is 5.79. The number of hydrogen-bond acceptors (Lipinski definition) is 5. The van der Waals surface area contributed by atoms with E-state index in [0.29, 0.717) is 25.2 Å². The van der Waals surface area contributed by atoms with Gasteiger partial charge in [0.25, 0.3) is 0 Å². The molecular weight excluding hydrogens is 356 g/mol. The van der Waals surface area contributed by atoms with Gasteiger partial charge in [0.2, 0.25) is 12.7 Å². The molecule has 0 unspecified atom stereocenters. The van der Waals surface area contributed by atoms with Crippen LogP contribution in [0.3, 0.4) is 0 Å². The van der Waals surface area contributed by atoms with Gasteiger partial charge >= 0.3 is 0 Å². The van der Waals surface area contributed by atoms with Crippen LogP contribution in [0.4, 0.5) is 0 Å². The Labute approximate surface area is 163 Å². The van der Waals surface area contributed by atoms with Crippen LogP contribution < -0.4 is 20.1 Å². The van der Waals surface area contributed by atoms with Gasteiger partial charge in [-0.3, -0.25) is 4.99 Å². The second-order valence-corrected chi connectivity index (χ2v) is 6.30. The van der Waals surface area contributed by atoms with Crippen molar-refractivity contribution in [3.05, 3.63) is 66.1 Å². The molecule has 7 nitrogen and oxygen atoms in total. The standard InChI is InChI=1S/C21H22N4O3/c1-22-21(23-10-9-15-7-8-18-19(11-15)28-14-27-18)24-12-17-13-26-20(25-17)16-5-3-2-4-6-16/h2-8,11,13H,9-10,12,14H2,1H3,(H2,22,23,24). The number of aromatic nitrogens is 1. The number of aliphatic imine (C=N–C) groups is 1. The number of rotatable bonds is 6. The number of guanidine groups is 1. The molecule has 4 rings (SSSR count). The van der Waals surface area contributed by atoms with Crippen LogP contribution in [0.25, 0.3) is 11.5 Å². The fraction of sp³-hybridized carbons (Fsp3) is 0.238. The molecule has 0 fully saturated rings. The van der Waals surface area contributed by atoms with Crippen molar-refractivity contribution in [3.8, 4) is 23.0 Å². The Hall–Kier alpha value is -3.48. The highest BCUT2D eigenvalue weighted by atomic mass is 16.7. The molecule has 0 saturated carbocycles. The van der Waals surface area contributed by atoms with Gasteiger partial charge in [-0.15, -0.1) is 0 Å². The third-order valence-electron chi connectivity index (χ3n) is 4.38. The SMILES string of the molecule is CN=C(NCCc1ccc2c(c1)OCO2)NCc1coc(-c2ccccc2)n1. The van der Waals surface area contributed by atoms with E-state index in [1.54, 1.807) is 13.3 Å². The Balaban J connectivity index is 1.26. The van der Waals surface area contributed by atoms with Gasteiger partial charge in [-0.2, -0.15) is 0 Å². The summed E-state index contributed by atoms with van der Waals surface area (Å²) < 4.78 is 16.3. The zero-order valence-electron chi connectivity index (χ0n) is 15.6. The molecule has 2 aromatic carbocycles. The molecule has 0 spiro atoms. The monoisotopic (exact) mass is 378 g/mol. The van der Waals surface area contributed by atoms with Crippen LogP contribution >= 0.6 is 0 Å². The maximum absolute atomic E-state index is 5.56. The Morgan fingerprint density at radius 2 is 1.93 bits per heavy atom. The Bertz CT molecular complexity index is 953. The predicted octanol–water partition coefficient (Wildman–Crippen LogP) is 2.98. The van der Waals surface area contributed by atoms with Gasteiger partial charge in [0, 0.05) is 19.2 Å². The van der Waals surface area contributed by atoms with E-state index in [4.69, 9.17) is 13.9 Å². The normalized spacial score (nSPS) is 12.8. The number of nitrogens with one attached hydrogen (secondary N) is 2. The molecule has 2 N–H and O–H groups in total. The molecule has 28 heavy (non-hydrogen) atoms. The summed E-state index contributed by atoms with van der Waals surface area (Å²) >= 11 is 0. The number of fused-ring (bicyclic) bond motifs is 1. The van der Waals surface area contributed by atoms with Crippen LogP contribution in [-0.4, -0.2) is 31.3 Å². The minimum absolute atomic E-state index is 0.293. The summed E-state index contributed by atoms with van der Waals surface area (Å²) in [7, 11) is 1.74. The van der Waals surface area contributed by atoms with Crippen molar-refractivity contribution in [1.29, 1.82) is 0 Å². The average Bonchev–Trinajstić information content (AvgIpc) is 3.40. The van der Waals surface area contributed by atoms with Crippen LogP contribution in [0, 0.1) is 0 Å². The van der Waals surface area contributed by atoms with Crippen molar-refractivity contribution in [2.75, 3.05) is 20.4 Å². The minimum Gasteiger partial charge on any atom is -0.454 e. The van der Waals surface area contributed by atoms with Gasteiger partial charge in [0.15, 0.2) is 17.5 Å². The molecule has 0 amide bonds. The van der Waals surface area contributed by atoms with Gasteiger partial charge < -0.3 is 24.5 Å². The molecule has 0 atom stereocenters. The predicted molar refractivity (Wildman–Crippen MR) is 106 cm³/mol. The fourth-order valence-corrected chi connectivity index (χ4v) is 2.92. The lowest BCUT2D eigenvalue weighted by Gasteiger charge is -2.11. The van der Waals surface area contributed by atoms with E-state index < -0.39 is 0 Å². The summed E-state index contributed by atoms with van der Waals surface area (Å²) in [5.74, 6) is 2.94. The lowest BCUT2D eigenvalue weighted by atomic mass is 10.1. The lowest BCUT2D eigenvalue weighted by Crippen LogP contribution is -2.37. The van der Waals surface area contributed by atoms with Crippen molar-refractivity contribution in [2.24, 2.45) is 4.99 Å². The van der Waals surface area contributed by atoms with Gasteiger partial charge in [-0.05, 0) is 36.2 Å². The van der Waals surface area contributed by atoms with Crippen molar-refractivity contribution < 1.29 is 13.9 Å². The summed E-state index contributed by atoms with van der Waals surface area (Å²) in [4.78, 5) is 8.76. The Morgan fingerprint density at radius 3 is 2.79 bits per heavy atom. The van der Waals surface area contributed by atoms with E-state index in [0.717, 1.165) is 35.7 Å². The van der Waals surface area contributed by atoms with Gasteiger partial charge in [0.05, 0.1) is 12.2 Å². The highest BCUT2D eigenvalue weighted by Gasteiger charge is 2.13. The van der Waals surface area contributed by atoms with Crippen LogP contribution in [0.1, 0.15) is 11.3 Å². The van der Waals surface area contributed by atoms with Gasteiger partial charge in [-0.1, -0.05) is 24.3 Å². The summed E-state index contributed by atoms with van der Waals surface area (Å²) in [5, 5.41) is 6.55. The molecule has 7 heteroatoms. The first-order valence-corrected chi connectivity index (χ1v) is 9.15. The summed E-state index contributed by atoms with van der Waals surface area (Å²) in [6, 6.07) is 15.8. The van der Waals surface area contributed by atoms with Crippen molar-refractivity contribution >= 4 is 5.96 Å². The minimum atomic E-state index is 0.293. The molecule has 2 heterocycles. The van der Waals surface area contributed by atoms with Crippen molar-refractivity contribution in [2.45, 2.75) is 13.0 Å². The number of oxazole rings is 1. The maximum atomic E-state index is 5.56. The molecule has 0 bridgehead atoms. The maximum Gasteiger partial charge on any atom is 0.231 e. The van der Waals surface area contributed by atoms with Gasteiger partial charge in [0.1, 0.15) is 6.26 Å². The number of nitrogens with zero attached hydrogens (tertiary/aromatic N) is 2. The zero-order valence-corrected chi connectivity index (χ0v) is 15.6. The van der Waals surface area contributed by atoms with E-state index in [1.807, 2.05) is 48.5 Å². The highest BCUT2D eigenvalue weighted by Crippen LogP contribution is 2.32. The summed E-state index contributed by atoms with van der Waals surface area (Å²) in [6.45, 7) is 1.56. The number of hydrogen-bond donors (Lipinski definition) is 2. The molecule has 0 saturated heterocycles. The zero-order chi connectivity index (χ0) is 19.2. The van der Waals surface area contributed by atoms with Crippen molar-refractivity contribution in [1.82, 2.24) is 15.6 Å². The van der Waals surface area contributed by atoms with Crippen molar-refractivity contribution in [3.63, 3.8) is 0 Å². The molecular formula is C21H22N4O3. The van der Waals surface area contributed by atoms with E-state index in [2.05, 4.69) is 20.6 Å². The molecule has 3 aromatic rings. The van der Waals surface area contributed by atoms with Crippen LogP contribution in [0.2, 0.25) is 0 Å². The van der Waals surface area contributed by atoms with E-state index in [9.17, 15) is 0 Å². The molecule has 0 radical (unpaired) electrons. The summed E-state index contributed by atoms with van der Waals surface area (Å²) in [6.07, 6.45) is 2.51. The van der Waals surface area contributed by atoms with E-state index in [1.165, 1.54) is 5.56 Å².